The van der Waals surface area contributed by atoms with Crippen LogP contribution in [0, 0.1) is 0 Å². The van der Waals surface area contributed by atoms with Crippen LogP contribution in [-0.2, 0) is 9.47 Å². The van der Waals surface area contributed by atoms with Crippen molar-refractivity contribution in [3.8, 4) is 0 Å². The fraction of sp³-hybridized carbons (Fsp3) is 0.294. The number of hydrogen-bond donors (Lipinski definition) is 3. The molecule has 14 nitrogen and oxygen atoms in total. The molecule has 3 heterocycles. The van der Waals surface area contributed by atoms with Crippen LogP contribution in [0.2, 0.25) is 0 Å². The molecule has 3 N–H and O–H groups in total. The van der Waals surface area contributed by atoms with Crippen molar-refractivity contribution in [1.29, 1.82) is 0 Å². The zero-order valence-electron chi connectivity index (χ0n) is 26.8. The second-order valence-corrected chi connectivity index (χ2v) is 10.9. The summed E-state index contributed by atoms with van der Waals surface area (Å²) in [7, 11) is 2.63. The van der Waals surface area contributed by atoms with Crippen LogP contribution in [0.15, 0.2) is 79.0 Å². The summed E-state index contributed by atoms with van der Waals surface area (Å²) in [5, 5.41) is 8.74. The minimum absolute atomic E-state index is 0.196. The number of carbonyl (C=O) groups excluding carboxylic acids is 4. The number of hydrogen-bond acceptors (Lipinski definition) is 10. The van der Waals surface area contributed by atoms with Crippen molar-refractivity contribution in [2.45, 2.75) is 0 Å². The van der Waals surface area contributed by atoms with Crippen LogP contribution < -0.4 is 20.9 Å². The van der Waals surface area contributed by atoms with Gasteiger partial charge in [-0.15, -0.1) is 0 Å². The SMILES string of the molecule is COC(=O)c1ccccc1NC(=O)N1CCN(c2cnc3ccccc3n2)CC1.COC(=O)c1ccccc1NC(=O)N1CCNCC1. The van der Waals surface area contributed by atoms with Crippen LogP contribution in [0.5, 0.6) is 0 Å². The average Bonchev–Trinajstić information content (AvgIpc) is 3.15. The normalized spacial score (nSPS) is 14.3. The molecule has 2 aliphatic heterocycles. The molecule has 2 aliphatic rings. The van der Waals surface area contributed by atoms with Crippen molar-refractivity contribution in [3.05, 3.63) is 90.1 Å². The van der Waals surface area contributed by atoms with Crippen molar-refractivity contribution in [2.24, 2.45) is 0 Å². The predicted molar refractivity (Wildman–Crippen MR) is 181 cm³/mol. The zero-order valence-corrected chi connectivity index (χ0v) is 26.8. The number of ether oxygens (including phenoxy) is 2. The number of nitrogens with zero attached hydrogens (tertiary/aromatic N) is 5. The molecule has 0 spiro atoms. The summed E-state index contributed by atoms with van der Waals surface area (Å²) in [4.78, 5) is 62.9. The maximum absolute atomic E-state index is 12.7. The monoisotopic (exact) mass is 654 g/mol. The molecule has 4 amide bonds. The van der Waals surface area contributed by atoms with E-state index in [9.17, 15) is 19.2 Å². The number of esters is 2. The molecule has 0 saturated carbocycles. The highest BCUT2D eigenvalue weighted by molar-refractivity contribution is 6.01. The highest BCUT2D eigenvalue weighted by atomic mass is 16.5. The fourth-order valence-corrected chi connectivity index (χ4v) is 5.26. The summed E-state index contributed by atoms with van der Waals surface area (Å²) in [6.45, 7) is 5.27. The lowest BCUT2D eigenvalue weighted by atomic mass is 10.2. The molecule has 2 fully saturated rings. The number of aromatic nitrogens is 2. The molecule has 0 bridgehead atoms. The quantitative estimate of drug-likeness (QED) is 0.271. The van der Waals surface area contributed by atoms with Crippen molar-refractivity contribution < 1.29 is 28.7 Å². The van der Waals surface area contributed by atoms with E-state index in [-0.39, 0.29) is 12.1 Å². The first-order valence-electron chi connectivity index (χ1n) is 15.5. The summed E-state index contributed by atoms with van der Waals surface area (Å²) in [6.07, 6.45) is 1.77. The van der Waals surface area contributed by atoms with Crippen LogP contribution in [-0.4, -0.2) is 110 Å². The van der Waals surface area contributed by atoms with Gasteiger partial charge in [0, 0.05) is 52.4 Å². The molecule has 0 unspecified atom stereocenters. The molecule has 3 aromatic carbocycles. The number of carbonyl (C=O) groups is 4. The van der Waals surface area contributed by atoms with Gasteiger partial charge in [0.05, 0.1) is 54.0 Å². The van der Waals surface area contributed by atoms with E-state index in [0.717, 1.165) is 29.9 Å². The number of nitrogens with one attached hydrogen (secondary N) is 3. The molecule has 14 heteroatoms. The highest BCUT2D eigenvalue weighted by Crippen LogP contribution is 2.20. The molecule has 0 radical (unpaired) electrons. The van der Waals surface area contributed by atoms with E-state index in [1.165, 1.54) is 14.2 Å². The third-order valence-electron chi connectivity index (χ3n) is 7.88. The van der Waals surface area contributed by atoms with E-state index in [2.05, 4.69) is 30.8 Å². The number of anilines is 3. The third-order valence-corrected chi connectivity index (χ3v) is 7.88. The lowest BCUT2D eigenvalue weighted by Gasteiger charge is -2.35. The fourth-order valence-electron chi connectivity index (χ4n) is 5.26. The van der Waals surface area contributed by atoms with Gasteiger partial charge in [0.2, 0.25) is 0 Å². The van der Waals surface area contributed by atoms with Gasteiger partial charge in [-0.3, -0.25) is 4.98 Å². The molecule has 250 valence electrons. The molecular weight excluding hydrogens is 616 g/mol. The van der Waals surface area contributed by atoms with Gasteiger partial charge >= 0.3 is 24.0 Å². The Balaban J connectivity index is 0.000000206. The number of methoxy groups -OCH3 is 2. The van der Waals surface area contributed by atoms with Gasteiger partial charge < -0.3 is 40.1 Å². The van der Waals surface area contributed by atoms with Crippen molar-refractivity contribution in [2.75, 3.05) is 82.1 Å². The Morgan fingerprint density at radius 3 is 1.67 bits per heavy atom. The zero-order chi connectivity index (χ0) is 33.9. The number of amides is 4. The van der Waals surface area contributed by atoms with Crippen LogP contribution >= 0.6 is 0 Å². The Labute approximate surface area is 278 Å². The van der Waals surface area contributed by atoms with Crippen molar-refractivity contribution in [1.82, 2.24) is 25.1 Å². The summed E-state index contributed by atoms with van der Waals surface area (Å²) < 4.78 is 9.46. The second kappa shape index (κ2) is 16.2. The van der Waals surface area contributed by atoms with Crippen molar-refractivity contribution in [3.63, 3.8) is 0 Å². The van der Waals surface area contributed by atoms with Gasteiger partial charge in [-0.1, -0.05) is 36.4 Å². The Kier molecular flexibility index (Phi) is 11.3. The molecule has 6 rings (SSSR count). The second-order valence-electron chi connectivity index (χ2n) is 10.9. The van der Waals surface area contributed by atoms with E-state index in [1.54, 1.807) is 64.5 Å². The topological polar surface area (TPSA) is 158 Å². The van der Waals surface area contributed by atoms with Crippen LogP contribution in [0.4, 0.5) is 26.8 Å². The lowest BCUT2D eigenvalue weighted by Crippen LogP contribution is -2.50. The van der Waals surface area contributed by atoms with Gasteiger partial charge in [0.25, 0.3) is 0 Å². The third kappa shape index (κ3) is 8.33. The number of piperazine rings is 2. The van der Waals surface area contributed by atoms with Crippen LogP contribution in [0.3, 0.4) is 0 Å². The van der Waals surface area contributed by atoms with Crippen LogP contribution in [0.1, 0.15) is 20.7 Å². The van der Waals surface area contributed by atoms with Gasteiger partial charge in [0.15, 0.2) is 0 Å². The van der Waals surface area contributed by atoms with Crippen LogP contribution in [0.25, 0.3) is 11.0 Å². The molecule has 1 aromatic heterocycles. The summed E-state index contributed by atoms with van der Waals surface area (Å²) in [5.41, 5.74) is 3.30. The number of benzene rings is 3. The van der Waals surface area contributed by atoms with Crippen molar-refractivity contribution >= 4 is 52.2 Å². The van der Waals surface area contributed by atoms with E-state index < -0.39 is 11.9 Å². The largest absolute Gasteiger partial charge is 0.465 e. The van der Waals surface area contributed by atoms with E-state index >= 15 is 0 Å². The van der Waals surface area contributed by atoms with E-state index in [1.807, 2.05) is 24.3 Å². The Hall–Kier alpha value is -5.76. The number of urea groups is 2. The molecule has 48 heavy (non-hydrogen) atoms. The number of rotatable bonds is 5. The molecule has 2 saturated heterocycles. The maximum atomic E-state index is 12.7. The highest BCUT2D eigenvalue weighted by Gasteiger charge is 2.24. The van der Waals surface area contributed by atoms with Gasteiger partial charge in [0.1, 0.15) is 5.82 Å². The number of para-hydroxylation sites is 4. The summed E-state index contributed by atoms with van der Waals surface area (Å²) in [5.74, 6) is -0.142. The Morgan fingerprint density at radius 2 is 1.12 bits per heavy atom. The first-order chi connectivity index (χ1) is 23.4. The molecule has 4 aromatic rings. The summed E-state index contributed by atoms with van der Waals surface area (Å²) in [6, 6.07) is 20.9. The van der Waals surface area contributed by atoms with Gasteiger partial charge in [-0.25, -0.2) is 24.2 Å². The van der Waals surface area contributed by atoms with E-state index in [0.29, 0.717) is 61.8 Å². The maximum Gasteiger partial charge on any atom is 0.339 e. The minimum Gasteiger partial charge on any atom is -0.465 e. The molecular formula is C34H38N8O6. The molecule has 0 atom stereocenters. The average molecular weight is 655 g/mol. The first kappa shape index (κ1) is 33.6. The summed E-state index contributed by atoms with van der Waals surface area (Å²) >= 11 is 0. The Bertz CT molecular complexity index is 1750. The predicted octanol–water partition coefficient (Wildman–Crippen LogP) is 3.68. The van der Waals surface area contributed by atoms with E-state index in [4.69, 9.17) is 9.47 Å². The lowest BCUT2D eigenvalue weighted by molar-refractivity contribution is 0.0593. The molecule has 0 aliphatic carbocycles. The van der Waals surface area contributed by atoms with Gasteiger partial charge in [-0.05, 0) is 36.4 Å². The Morgan fingerprint density at radius 1 is 0.646 bits per heavy atom. The first-order valence-corrected chi connectivity index (χ1v) is 15.5. The number of fused-ring (bicyclic) bond motifs is 1. The van der Waals surface area contributed by atoms with Gasteiger partial charge in [-0.2, -0.15) is 0 Å². The minimum atomic E-state index is -0.486. The standard InChI is InChI=1S/C21H21N5O3.C13H17N3O3/c1-29-20(27)15-6-2-3-7-16(15)24-21(28)26-12-10-25(11-13-26)19-14-22-17-8-4-5-9-18(17)23-19;1-19-12(17)10-4-2-3-5-11(10)15-13(18)16-8-6-14-7-9-16/h2-9,14H,10-13H2,1H3,(H,24,28);2-5,14H,6-9H2,1H3,(H,15,18). The smallest absolute Gasteiger partial charge is 0.339 e.